The number of phenolic OH excluding ortho intramolecular Hbond substituents is 1. The van der Waals surface area contributed by atoms with Crippen LogP contribution in [0.2, 0.25) is 0 Å². The highest BCUT2D eigenvalue weighted by atomic mass is 16.5. The van der Waals surface area contributed by atoms with Crippen LogP contribution in [0, 0.1) is 0 Å². The Hall–Kier alpha value is -2.53. The number of phenols is 1. The first kappa shape index (κ1) is 16.6. The molecular formula is C22H24N2O3. The number of hydrogen-bond donors (Lipinski definition) is 1. The highest BCUT2D eigenvalue weighted by molar-refractivity contribution is 5.90. The van der Waals surface area contributed by atoms with Crippen molar-refractivity contribution in [1.29, 1.82) is 0 Å². The summed E-state index contributed by atoms with van der Waals surface area (Å²) in [4.78, 5) is 0. The number of rotatable bonds is 4. The first-order chi connectivity index (χ1) is 13.3. The van der Waals surface area contributed by atoms with E-state index in [1.165, 1.54) is 6.42 Å². The summed E-state index contributed by atoms with van der Waals surface area (Å²) in [5.41, 5.74) is 3.15. The Balaban J connectivity index is 1.61. The van der Waals surface area contributed by atoms with E-state index in [9.17, 15) is 5.11 Å². The van der Waals surface area contributed by atoms with Crippen LogP contribution in [-0.2, 0) is 4.74 Å². The van der Waals surface area contributed by atoms with Crippen molar-refractivity contribution in [3.8, 4) is 22.6 Å². The molecule has 1 saturated carbocycles. The van der Waals surface area contributed by atoms with Gasteiger partial charge in [0.05, 0.1) is 23.2 Å². The molecule has 5 rings (SSSR count). The van der Waals surface area contributed by atoms with Gasteiger partial charge in [-0.15, -0.1) is 0 Å². The van der Waals surface area contributed by atoms with Crippen LogP contribution >= 0.6 is 0 Å². The van der Waals surface area contributed by atoms with Gasteiger partial charge in [0.15, 0.2) is 6.23 Å². The topological polar surface area (TPSA) is 56.5 Å². The fourth-order valence-electron chi connectivity index (χ4n) is 3.85. The average Bonchev–Trinajstić information content (AvgIpc) is 3.10. The minimum atomic E-state index is -0.0112. The number of ether oxygens (including phenoxy) is 2. The van der Waals surface area contributed by atoms with Gasteiger partial charge in [-0.3, -0.25) is 0 Å². The summed E-state index contributed by atoms with van der Waals surface area (Å²) in [6, 6.07) is 11.5. The van der Waals surface area contributed by atoms with Crippen molar-refractivity contribution < 1.29 is 14.6 Å². The number of fused-ring (bicyclic) bond motifs is 1. The lowest BCUT2D eigenvalue weighted by Gasteiger charge is -2.27. The van der Waals surface area contributed by atoms with Crippen molar-refractivity contribution in [1.82, 2.24) is 9.78 Å². The van der Waals surface area contributed by atoms with Crippen LogP contribution in [0.3, 0.4) is 0 Å². The molecule has 0 bridgehead atoms. The van der Waals surface area contributed by atoms with E-state index in [1.54, 1.807) is 12.1 Å². The summed E-state index contributed by atoms with van der Waals surface area (Å²) in [6.07, 6.45) is 8.93. The number of aromatic nitrogens is 2. The van der Waals surface area contributed by atoms with Crippen LogP contribution in [0.15, 0.2) is 42.6 Å². The van der Waals surface area contributed by atoms with Crippen molar-refractivity contribution >= 4 is 10.9 Å². The summed E-state index contributed by atoms with van der Waals surface area (Å²) in [6.45, 7) is 0.787. The van der Waals surface area contributed by atoms with Gasteiger partial charge < -0.3 is 14.6 Å². The lowest BCUT2D eigenvalue weighted by atomic mass is 9.96. The Morgan fingerprint density at radius 3 is 2.56 bits per heavy atom. The third-order valence-corrected chi connectivity index (χ3v) is 5.65. The summed E-state index contributed by atoms with van der Waals surface area (Å²) >= 11 is 0. The van der Waals surface area contributed by atoms with Crippen molar-refractivity contribution in [2.45, 2.75) is 50.9 Å². The third-order valence-electron chi connectivity index (χ3n) is 5.65. The normalized spacial score (nSPS) is 20.5. The first-order valence-corrected chi connectivity index (χ1v) is 9.87. The van der Waals surface area contributed by atoms with E-state index in [1.807, 2.05) is 23.0 Å². The second-order valence-corrected chi connectivity index (χ2v) is 7.54. The lowest BCUT2D eigenvalue weighted by Crippen LogP contribution is -2.24. The number of aromatic hydroxyl groups is 1. The van der Waals surface area contributed by atoms with Gasteiger partial charge in [-0.25, -0.2) is 4.68 Å². The summed E-state index contributed by atoms with van der Waals surface area (Å²) < 4.78 is 14.3. The van der Waals surface area contributed by atoms with Gasteiger partial charge in [0, 0.05) is 6.61 Å². The zero-order valence-corrected chi connectivity index (χ0v) is 15.3. The Kier molecular flexibility index (Phi) is 4.24. The Morgan fingerprint density at radius 2 is 1.85 bits per heavy atom. The highest BCUT2D eigenvalue weighted by Gasteiger charge is 2.24. The van der Waals surface area contributed by atoms with Gasteiger partial charge in [0.1, 0.15) is 11.5 Å². The molecule has 2 fully saturated rings. The summed E-state index contributed by atoms with van der Waals surface area (Å²) in [7, 11) is 0. The molecule has 0 radical (unpaired) electrons. The second kappa shape index (κ2) is 6.89. The maximum atomic E-state index is 9.61. The maximum Gasteiger partial charge on any atom is 0.150 e. The molecule has 2 aliphatic rings. The molecule has 2 heterocycles. The highest BCUT2D eigenvalue weighted by Crippen LogP contribution is 2.37. The van der Waals surface area contributed by atoms with E-state index in [-0.39, 0.29) is 12.0 Å². The van der Waals surface area contributed by atoms with Crippen LogP contribution in [0.1, 0.15) is 44.8 Å². The quantitative estimate of drug-likeness (QED) is 0.705. The molecule has 1 saturated heterocycles. The van der Waals surface area contributed by atoms with Crippen LogP contribution < -0.4 is 4.74 Å². The van der Waals surface area contributed by atoms with E-state index >= 15 is 0 Å². The zero-order valence-electron chi connectivity index (χ0n) is 15.3. The standard InChI is InChI=1S/C22H24N2O3/c25-17-9-7-15(8-10-17)16-12-20-19(21(13-16)27-18-4-3-5-18)14-23-24(20)22-6-1-2-11-26-22/h7-10,12-14,18,22,25H,1-6,11H2. The van der Waals surface area contributed by atoms with Crippen molar-refractivity contribution in [3.05, 3.63) is 42.6 Å². The van der Waals surface area contributed by atoms with Crippen molar-refractivity contribution in [2.75, 3.05) is 6.61 Å². The summed E-state index contributed by atoms with van der Waals surface area (Å²) in [5.74, 6) is 1.16. The Labute approximate surface area is 158 Å². The van der Waals surface area contributed by atoms with Gasteiger partial charge in [-0.1, -0.05) is 12.1 Å². The van der Waals surface area contributed by atoms with Gasteiger partial charge in [-0.05, 0) is 73.9 Å². The molecule has 1 aliphatic heterocycles. The molecule has 1 atom stereocenters. The van der Waals surface area contributed by atoms with Gasteiger partial charge in [0.25, 0.3) is 0 Å². The van der Waals surface area contributed by atoms with E-state index in [0.29, 0.717) is 6.10 Å². The molecule has 1 aromatic heterocycles. The van der Waals surface area contributed by atoms with Crippen LogP contribution in [-0.4, -0.2) is 27.6 Å². The fraction of sp³-hybridized carbons (Fsp3) is 0.409. The molecule has 1 N–H and O–H groups in total. The average molecular weight is 364 g/mol. The second-order valence-electron chi connectivity index (χ2n) is 7.54. The largest absolute Gasteiger partial charge is 0.508 e. The molecular weight excluding hydrogens is 340 g/mol. The van der Waals surface area contributed by atoms with Gasteiger partial charge >= 0.3 is 0 Å². The van der Waals surface area contributed by atoms with Crippen LogP contribution in [0.4, 0.5) is 0 Å². The van der Waals surface area contributed by atoms with Crippen molar-refractivity contribution in [3.63, 3.8) is 0 Å². The number of hydrogen-bond acceptors (Lipinski definition) is 4. The minimum absolute atomic E-state index is 0.0112. The number of nitrogens with zero attached hydrogens (tertiary/aromatic N) is 2. The number of benzene rings is 2. The molecule has 2 aromatic carbocycles. The fourth-order valence-corrected chi connectivity index (χ4v) is 3.85. The Morgan fingerprint density at radius 1 is 1.00 bits per heavy atom. The SMILES string of the molecule is Oc1ccc(-c2cc(OC3CCC3)c3cnn(C4CCCCO4)c3c2)cc1. The minimum Gasteiger partial charge on any atom is -0.508 e. The van der Waals surface area contributed by atoms with Gasteiger partial charge in [-0.2, -0.15) is 5.10 Å². The molecule has 5 heteroatoms. The zero-order chi connectivity index (χ0) is 18.2. The molecule has 27 heavy (non-hydrogen) atoms. The van der Waals surface area contributed by atoms with Crippen molar-refractivity contribution in [2.24, 2.45) is 0 Å². The molecule has 0 amide bonds. The van der Waals surface area contributed by atoms with Crippen LogP contribution in [0.5, 0.6) is 11.5 Å². The monoisotopic (exact) mass is 364 g/mol. The molecule has 1 unspecified atom stereocenters. The smallest absolute Gasteiger partial charge is 0.150 e. The lowest BCUT2D eigenvalue weighted by molar-refractivity contribution is -0.0366. The molecule has 5 nitrogen and oxygen atoms in total. The first-order valence-electron chi connectivity index (χ1n) is 9.87. The van der Waals surface area contributed by atoms with E-state index in [2.05, 4.69) is 17.2 Å². The summed E-state index contributed by atoms with van der Waals surface area (Å²) in [5, 5.41) is 15.3. The van der Waals surface area contributed by atoms with Gasteiger partial charge in [0.2, 0.25) is 0 Å². The molecule has 3 aromatic rings. The maximum absolute atomic E-state index is 9.61. The van der Waals surface area contributed by atoms with Crippen LogP contribution in [0.25, 0.3) is 22.0 Å². The Bertz CT molecular complexity index is 938. The van der Waals surface area contributed by atoms with E-state index in [4.69, 9.17) is 9.47 Å². The third kappa shape index (κ3) is 3.16. The predicted molar refractivity (Wildman–Crippen MR) is 104 cm³/mol. The molecule has 1 aliphatic carbocycles. The van der Waals surface area contributed by atoms with E-state index < -0.39 is 0 Å². The predicted octanol–water partition coefficient (Wildman–Crippen LogP) is 5.04. The molecule has 0 spiro atoms. The van der Waals surface area contributed by atoms with E-state index in [0.717, 1.165) is 66.5 Å². The molecule has 140 valence electrons.